The van der Waals surface area contributed by atoms with Gasteiger partial charge < -0.3 is 10.4 Å². The highest BCUT2D eigenvalue weighted by Crippen LogP contribution is 2.00. The van der Waals surface area contributed by atoms with Crippen LogP contribution in [0.3, 0.4) is 0 Å². The molecule has 0 saturated heterocycles. The Morgan fingerprint density at radius 3 is 2.94 bits per heavy atom. The summed E-state index contributed by atoms with van der Waals surface area (Å²) in [6.07, 6.45) is 1.77. The molecule has 1 unspecified atom stereocenters. The molecule has 1 aromatic heterocycles. The number of rotatable bonds is 6. The molecule has 1 amide bonds. The molecule has 0 radical (unpaired) electrons. The van der Waals surface area contributed by atoms with Crippen molar-refractivity contribution in [1.29, 1.82) is 0 Å². The lowest BCUT2D eigenvalue weighted by atomic mass is 10.2. The average molecular weight is 225 g/mol. The number of hydrogen-bond donors (Lipinski definition) is 3. The summed E-state index contributed by atoms with van der Waals surface area (Å²) in [5.74, 6) is -0.195. The van der Waals surface area contributed by atoms with E-state index in [2.05, 4.69) is 15.5 Å². The van der Waals surface area contributed by atoms with Gasteiger partial charge in [0, 0.05) is 12.2 Å². The van der Waals surface area contributed by atoms with Crippen molar-refractivity contribution < 1.29 is 9.90 Å². The summed E-state index contributed by atoms with van der Waals surface area (Å²) in [5.41, 5.74) is 1.35. The minimum absolute atomic E-state index is 0.195. The van der Waals surface area contributed by atoms with E-state index in [0.29, 0.717) is 25.1 Å². The smallest absolute Gasteiger partial charge is 0.271 e. The van der Waals surface area contributed by atoms with E-state index < -0.39 is 0 Å². The second-order valence-corrected chi connectivity index (χ2v) is 3.74. The van der Waals surface area contributed by atoms with Gasteiger partial charge in [-0.15, -0.1) is 0 Å². The monoisotopic (exact) mass is 225 g/mol. The standard InChI is InChI=1S/C11H19N3O2/c1-3-8-7-10(14-13-8)11(16)12-6-5-9(15)4-2/h7,9,15H,3-6H2,1-2H3,(H,12,16)(H,13,14). The van der Waals surface area contributed by atoms with Crippen LogP contribution in [-0.2, 0) is 6.42 Å². The van der Waals surface area contributed by atoms with Crippen LogP contribution < -0.4 is 5.32 Å². The van der Waals surface area contributed by atoms with E-state index in [0.717, 1.165) is 12.1 Å². The van der Waals surface area contributed by atoms with E-state index in [1.807, 2.05) is 13.8 Å². The zero-order chi connectivity index (χ0) is 12.0. The molecule has 0 aliphatic heterocycles. The van der Waals surface area contributed by atoms with Gasteiger partial charge in [-0.2, -0.15) is 5.10 Å². The number of amides is 1. The predicted octanol–water partition coefficient (Wildman–Crippen LogP) is 0.863. The summed E-state index contributed by atoms with van der Waals surface area (Å²) < 4.78 is 0. The molecule has 0 saturated carbocycles. The van der Waals surface area contributed by atoms with Crippen LogP contribution in [0.2, 0.25) is 0 Å². The van der Waals surface area contributed by atoms with Crippen molar-refractivity contribution in [3.8, 4) is 0 Å². The van der Waals surface area contributed by atoms with Crippen molar-refractivity contribution >= 4 is 5.91 Å². The Bertz CT molecular complexity index is 336. The summed E-state index contributed by atoms with van der Waals surface area (Å²) in [7, 11) is 0. The van der Waals surface area contributed by atoms with Gasteiger partial charge in [0.15, 0.2) is 0 Å². The highest BCUT2D eigenvalue weighted by atomic mass is 16.3. The molecule has 0 aliphatic carbocycles. The first-order valence-electron chi connectivity index (χ1n) is 5.67. The minimum atomic E-state index is -0.342. The molecule has 0 fully saturated rings. The highest BCUT2D eigenvalue weighted by Gasteiger charge is 2.09. The van der Waals surface area contributed by atoms with Crippen LogP contribution in [-0.4, -0.2) is 33.9 Å². The Labute approximate surface area is 95.3 Å². The van der Waals surface area contributed by atoms with E-state index >= 15 is 0 Å². The molecule has 1 rings (SSSR count). The number of carbonyl (C=O) groups excluding carboxylic acids is 1. The maximum absolute atomic E-state index is 11.6. The van der Waals surface area contributed by atoms with E-state index in [4.69, 9.17) is 0 Å². The molecule has 1 atom stereocenters. The topological polar surface area (TPSA) is 78.0 Å². The quantitative estimate of drug-likeness (QED) is 0.672. The van der Waals surface area contributed by atoms with Gasteiger partial charge in [0.1, 0.15) is 5.69 Å². The third kappa shape index (κ3) is 3.66. The van der Waals surface area contributed by atoms with Gasteiger partial charge in [0.2, 0.25) is 0 Å². The van der Waals surface area contributed by atoms with Gasteiger partial charge >= 0.3 is 0 Å². The highest BCUT2D eigenvalue weighted by molar-refractivity contribution is 5.92. The Hall–Kier alpha value is -1.36. The SMILES string of the molecule is CCc1cc(C(=O)NCCC(O)CC)n[nH]1. The van der Waals surface area contributed by atoms with Crippen LogP contribution in [0.4, 0.5) is 0 Å². The van der Waals surface area contributed by atoms with Crippen molar-refractivity contribution in [2.45, 2.75) is 39.2 Å². The second kappa shape index (κ2) is 6.27. The van der Waals surface area contributed by atoms with Gasteiger partial charge in [-0.05, 0) is 25.3 Å². The Balaban J connectivity index is 2.35. The number of hydrogen-bond acceptors (Lipinski definition) is 3. The van der Waals surface area contributed by atoms with E-state index in [9.17, 15) is 9.90 Å². The maximum atomic E-state index is 11.6. The number of carbonyl (C=O) groups is 1. The third-order valence-corrected chi connectivity index (χ3v) is 2.48. The van der Waals surface area contributed by atoms with Gasteiger partial charge in [-0.25, -0.2) is 0 Å². The Morgan fingerprint density at radius 1 is 1.62 bits per heavy atom. The van der Waals surface area contributed by atoms with E-state index in [1.165, 1.54) is 0 Å². The van der Waals surface area contributed by atoms with Crippen LogP contribution >= 0.6 is 0 Å². The largest absolute Gasteiger partial charge is 0.393 e. The van der Waals surface area contributed by atoms with Gasteiger partial charge in [-0.1, -0.05) is 13.8 Å². The third-order valence-electron chi connectivity index (χ3n) is 2.48. The van der Waals surface area contributed by atoms with Gasteiger partial charge in [-0.3, -0.25) is 9.89 Å². The lowest BCUT2D eigenvalue weighted by molar-refractivity contribution is 0.0937. The number of aryl methyl sites for hydroxylation is 1. The van der Waals surface area contributed by atoms with Crippen LogP contribution in [0.5, 0.6) is 0 Å². The van der Waals surface area contributed by atoms with Gasteiger partial charge in [0.25, 0.3) is 5.91 Å². The molecule has 90 valence electrons. The number of nitrogens with one attached hydrogen (secondary N) is 2. The van der Waals surface area contributed by atoms with Crippen LogP contribution in [0.1, 0.15) is 42.9 Å². The second-order valence-electron chi connectivity index (χ2n) is 3.74. The van der Waals surface area contributed by atoms with Crippen LogP contribution in [0.25, 0.3) is 0 Å². The summed E-state index contributed by atoms with van der Waals surface area (Å²) >= 11 is 0. The van der Waals surface area contributed by atoms with E-state index in [1.54, 1.807) is 6.07 Å². The number of aliphatic hydroxyl groups excluding tert-OH is 1. The molecular formula is C11H19N3O2. The number of aromatic amines is 1. The fourth-order valence-corrected chi connectivity index (χ4v) is 1.31. The first kappa shape index (κ1) is 12.7. The lowest BCUT2D eigenvalue weighted by Crippen LogP contribution is -2.27. The fraction of sp³-hybridized carbons (Fsp3) is 0.636. The molecule has 16 heavy (non-hydrogen) atoms. The molecule has 0 aliphatic rings. The maximum Gasteiger partial charge on any atom is 0.271 e. The zero-order valence-corrected chi connectivity index (χ0v) is 9.79. The summed E-state index contributed by atoms with van der Waals surface area (Å²) in [4.78, 5) is 11.6. The van der Waals surface area contributed by atoms with Crippen LogP contribution in [0, 0.1) is 0 Å². The minimum Gasteiger partial charge on any atom is -0.393 e. The van der Waals surface area contributed by atoms with Crippen molar-refractivity contribution in [3.05, 3.63) is 17.5 Å². The molecule has 5 nitrogen and oxygen atoms in total. The molecule has 1 heterocycles. The summed E-state index contributed by atoms with van der Waals surface area (Å²) in [5, 5.41) is 18.7. The van der Waals surface area contributed by atoms with Crippen molar-refractivity contribution in [1.82, 2.24) is 15.5 Å². The normalized spacial score (nSPS) is 12.4. The predicted molar refractivity (Wildman–Crippen MR) is 61.2 cm³/mol. The average Bonchev–Trinajstić information content (AvgIpc) is 2.77. The zero-order valence-electron chi connectivity index (χ0n) is 9.79. The number of aromatic nitrogens is 2. The number of aliphatic hydroxyl groups is 1. The van der Waals surface area contributed by atoms with E-state index in [-0.39, 0.29) is 12.0 Å². The molecular weight excluding hydrogens is 206 g/mol. The molecule has 3 N–H and O–H groups in total. The van der Waals surface area contributed by atoms with Crippen molar-refractivity contribution in [2.75, 3.05) is 6.54 Å². The molecule has 1 aromatic rings. The molecule has 0 bridgehead atoms. The van der Waals surface area contributed by atoms with Crippen LogP contribution in [0.15, 0.2) is 6.07 Å². The molecule has 0 spiro atoms. The number of nitrogens with zero attached hydrogens (tertiary/aromatic N) is 1. The fourth-order valence-electron chi connectivity index (χ4n) is 1.31. The Kier molecular flexibility index (Phi) is 4.98. The molecule has 0 aromatic carbocycles. The first-order valence-corrected chi connectivity index (χ1v) is 5.67. The number of H-pyrrole nitrogens is 1. The summed E-state index contributed by atoms with van der Waals surface area (Å²) in [6, 6.07) is 1.74. The summed E-state index contributed by atoms with van der Waals surface area (Å²) in [6.45, 7) is 4.38. The van der Waals surface area contributed by atoms with Crippen molar-refractivity contribution in [3.63, 3.8) is 0 Å². The molecule has 5 heteroatoms. The first-order chi connectivity index (χ1) is 7.67. The van der Waals surface area contributed by atoms with Gasteiger partial charge in [0.05, 0.1) is 6.10 Å². The Morgan fingerprint density at radius 2 is 2.38 bits per heavy atom. The van der Waals surface area contributed by atoms with Crippen molar-refractivity contribution in [2.24, 2.45) is 0 Å². The lowest BCUT2D eigenvalue weighted by Gasteiger charge is -2.07.